The molecule has 0 radical (unpaired) electrons. The summed E-state index contributed by atoms with van der Waals surface area (Å²) in [4.78, 5) is 22.6. The van der Waals surface area contributed by atoms with Crippen LogP contribution in [0.3, 0.4) is 0 Å². The molecule has 0 aromatic carbocycles. The van der Waals surface area contributed by atoms with Gasteiger partial charge < -0.3 is 10.6 Å². The standard InChI is InChI=1S/C13H23N5O3/c1-8(2)9-10(18(20)21)11(17(6)16-9)15-7-13(3,4)12(19)14-5/h8,15H,7H2,1-6H3,(H,14,19). The Morgan fingerprint density at radius 1 is 1.48 bits per heavy atom. The maximum atomic E-state index is 11.8. The molecule has 1 aromatic rings. The quantitative estimate of drug-likeness (QED) is 0.614. The van der Waals surface area contributed by atoms with E-state index >= 15 is 0 Å². The zero-order chi connectivity index (χ0) is 16.4. The van der Waals surface area contributed by atoms with Gasteiger partial charge in [0.1, 0.15) is 5.69 Å². The van der Waals surface area contributed by atoms with E-state index in [1.165, 1.54) is 4.68 Å². The molecular formula is C13H23N5O3. The molecule has 8 heteroatoms. The first kappa shape index (κ1) is 16.9. The van der Waals surface area contributed by atoms with Crippen molar-refractivity contribution in [3.8, 4) is 0 Å². The van der Waals surface area contributed by atoms with Crippen LogP contribution in [0.2, 0.25) is 0 Å². The summed E-state index contributed by atoms with van der Waals surface area (Å²) in [6.45, 7) is 7.51. The average Bonchev–Trinajstić information content (AvgIpc) is 2.72. The Bertz CT molecular complexity index is 548. The van der Waals surface area contributed by atoms with E-state index in [9.17, 15) is 14.9 Å². The van der Waals surface area contributed by atoms with Crippen LogP contribution in [0.5, 0.6) is 0 Å². The normalized spacial score (nSPS) is 11.6. The average molecular weight is 297 g/mol. The summed E-state index contributed by atoms with van der Waals surface area (Å²) in [5.74, 6) is 0.128. The first-order valence-corrected chi connectivity index (χ1v) is 6.79. The van der Waals surface area contributed by atoms with Gasteiger partial charge in [0, 0.05) is 26.6 Å². The van der Waals surface area contributed by atoms with Gasteiger partial charge in [-0.25, -0.2) is 4.68 Å². The molecule has 0 atom stereocenters. The molecule has 21 heavy (non-hydrogen) atoms. The lowest BCUT2D eigenvalue weighted by atomic mass is 9.92. The molecule has 0 bridgehead atoms. The molecule has 0 fully saturated rings. The highest BCUT2D eigenvalue weighted by molar-refractivity contribution is 5.82. The Morgan fingerprint density at radius 2 is 2.05 bits per heavy atom. The molecule has 0 aliphatic heterocycles. The fraction of sp³-hybridized carbons (Fsp3) is 0.692. The topological polar surface area (TPSA) is 102 Å². The number of carbonyl (C=O) groups is 1. The summed E-state index contributed by atoms with van der Waals surface area (Å²) in [6.07, 6.45) is 0. The molecule has 1 heterocycles. The number of nitrogens with zero attached hydrogens (tertiary/aromatic N) is 3. The molecule has 0 spiro atoms. The minimum Gasteiger partial charge on any atom is -0.363 e. The molecule has 0 saturated heterocycles. The van der Waals surface area contributed by atoms with Crippen molar-refractivity contribution in [2.45, 2.75) is 33.6 Å². The number of hydrogen-bond acceptors (Lipinski definition) is 5. The SMILES string of the molecule is CNC(=O)C(C)(C)CNc1c([N+](=O)[O-])c(C(C)C)nn1C. The van der Waals surface area contributed by atoms with Crippen molar-refractivity contribution in [1.82, 2.24) is 15.1 Å². The molecule has 2 N–H and O–H groups in total. The van der Waals surface area contributed by atoms with E-state index in [0.29, 0.717) is 11.5 Å². The van der Waals surface area contributed by atoms with Crippen LogP contribution in [-0.4, -0.2) is 34.2 Å². The molecule has 8 nitrogen and oxygen atoms in total. The van der Waals surface area contributed by atoms with Gasteiger partial charge >= 0.3 is 5.69 Å². The van der Waals surface area contributed by atoms with E-state index in [4.69, 9.17) is 0 Å². The molecule has 1 aromatic heterocycles. The van der Waals surface area contributed by atoms with Crippen molar-refractivity contribution in [3.63, 3.8) is 0 Å². The van der Waals surface area contributed by atoms with Crippen LogP contribution in [0.25, 0.3) is 0 Å². The van der Waals surface area contributed by atoms with E-state index < -0.39 is 10.3 Å². The van der Waals surface area contributed by atoms with Crippen LogP contribution < -0.4 is 10.6 Å². The van der Waals surface area contributed by atoms with Crippen molar-refractivity contribution in [1.29, 1.82) is 0 Å². The second kappa shape index (κ2) is 6.11. The van der Waals surface area contributed by atoms with Crippen LogP contribution in [0, 0.1) is 15.5 Å². The van der Waals surface area contributed by atoms with Gasteiger partial charge in [0.25, 0.3) is 0 Å². The number of hydrogen-bond donors (Lipinski definition) is 2. The van der Waals surface area contributed by atoms with Crippen molar-refractivity contribution in [2.24, 2.45) is 12.5 Å². The molecule has 1 rings (SSSR count). The number of nitrogens with one attached hydrogen (secondary N) is 2. The molecule has 1 amide bonds. The molecule has 0 unspecified atom stereocenters. The Morgan fingerprint density at radius 3 is 2.48 bits per heavy atom. The maximum absolute atomic E-state index is 11.8. The molecule has 118 valence electrons. The Hall–Kier alpha value is -2.12. The molecule has 0 aliphatic rings. The lowest BCUT2D eigenvalue weighted by molar-refractivity contribution is -0.384. The third kappa shape index (κ3) is 3.50. The van der Waals surface area contributed by atoms with Crippen LogP contribution in [0.15, 0.2) is 0 Å². The largest absolute Gasteiger partial charge is 0.363 e. The van der Waals surface area contributed by atoms with Crippen LogP contribution in [0.1, 0.15) is 39.3 Å². The lowest BCUT2D eigenvalue weighted by Crippen LogP contribution is -2.39. The number of nitro groups is 1. The van der Waals surface area contributed by atoms with Crippen LogP contribution >= 0.6 is 0 Å². The zero-order valence-electron chi connectivity index (χ0n) is 13.4. The number of anilines is 1. The number of rotatable bonds is 6. The van der Waals surface area contributed by atoms with Gasteiger partial charge in [-0.1, -0.05) is 13.8 Å². The van der Waals surface area contributed by atoms with Gasteiger partial charge in [-0.3, -0.25) is 14.9 Å². The highest BCUT2D eigenvalue weighted by Gasteiger charge is 2.31. The van der Waals surface area contributed by atoms with Gasteiger partial charge in [0.05, 0.1) is 10.3 Å². The van der Waals surface area contributed by atoms with E-state index in [-0.39, 0.29) is 24.1 Å². The number of amides is 1. The molecule has 0 saturated carbocycles. The van der Waals surface area contributed by atoms with Crippen molar-refractivity contribution < 1.29 is 9.72 Å². The predicted octanol–water partition coefficient (Wildman–Crippen LogP) is 1.64. The monoisotopic (exact) mass is 297 g/mol. The van der Waals surface area contributed by atoms with E-state index in [2.05, 4.69) is 15.7 Å². The van der Waals surface area contributed by atoms with Gasteiger partial charge in [-0.05, 0) is 13.8 Å². The van der Waals surface area contributed by atoms with Crippen molar-refractivity contribution in [2.75, 3.05) is 18.9 Å². The summed E-state index contributed by atoms with van der Waals surface area (Å²) in [5.41, 5.74) is -0.284. The highest BCUT2D eigenvalue weighted by Crippen LogP contribution is 2.33. The molecule has 0 aliphatic carbocycles. The number of carbonyl (C=O) groups excluding carboxylic acids is 1. The van der Waals surface area contributed by atoms with Gasteiger partial charge in [0.15, 0.2) is 0 Å². The van der Waals surface area contributed by atoms with Crippen LogP contribution in [-0.2, 0) is 11.8 Å². The number of aryl methyl sites for hydroxylation is 1. The minimum absolute atomic E-state index is 0.0276. The smallest absolute Gasteiger partial charge is 0.334 e. The molecular weight excluding hydrogens is 274 g/mol. The van der Waals surface area contributed by atoms with Gasteiger partial charge in [0.2, 0.25) is 11.7 Å². The maximum Gasteiger partial charge on any atom is 0.334 e. The number of aromatic nitrogens is 2. The summed E-state index contributed by atoms with van der Waals surface area (Å²) in [7, 11) is 3.21. The van der Waals surface area contributed by atoms with E-state index in [1.54, 1.807) is 27.9 Å². The second-order valence-corrected chi connectivity index (χ2v) is 5.93. The summed E-state index contributed by atoms with van der Waals surface area (Å²) >= 11 is 0. The first-order chi connectivity index (χ1) is 9.61. The van der Waals surface area contributed by atoms with Gasteiger partial charge in [-0.2, -0.15) is 5.10 Å². The fourth-order valence-corrected chi connectivity index (χ4v) is 2.02. The zero-order valence-corrected chi connectivity index (χ0v) is 13.4. The van der Waals surface area contributed by atoms with Crippen LogP contribution in [0.4, 0.5) is 11.5 Å². The van der Waals surface area contributed by atoms with Crippen molar-refractivity contribution >= 4 is 17.4 Å². The second-order valence-electron chi connectivity index (χ2n) is 5.93. The fourth-order valence-electron chi connectivity index (χ4n) is 2.02. The van der Waals surface area contributed by atoms with E-state index in [1.807, 2.05) is 13.8 Å². The van der Waals surface area contributed by atoms with Crippen molar-refractivity contribution in [3.05, 3.63) is 15.8 Å². The Labute approximate surface area is 124 Å². The minimum atomic E-state index is -0.690. The highest BCUT2D eigenvalue weighted by atomic mass is 16.6. The van der Waals surface area contributed by atoms with Gasteiger partial charge in [-0.15, -0.1) is 0 Å². The lowest BCUT2D eigenvalue weighted by Gasteiger charge is -2.23. The third-order valence-electron chi connectivity index (χ3n) is 3.32. The predicted molar refractivity (Wildman–Crippen MR) is 80.3 cm³/mol. The third-order valence-corrected chi connectivity index (χ3v) is 3.32. The first-order valence-electron chi connectivity index (χ1n) is 6.79. The Kier molecular flexibility index (Phi) is 4.93. The Balaban J connectivity index is 3.09. The summed E-state index contributed by atoms with van der Waals surface area (Å²) in [5, 5.41) is 21.1. The summed E-state index contributed by atoms with van der Waals surface area (Å²) < 4.78 is 1.45. The van der Waals surface area contributed by atoms with E-state index in [0.717, 1.165) is 0 Å². The summed E-state index contributed by atoms with van der Waals surface area (Å²) in [6, 6.07) is 0.